The van der Waals surface area contributed by atoms with E-state index in [-0.39, 0.29) is 24.2 Å². The van der Waals surface area contributed by atoms with Crippen LogP contribution in [0.15, 0.2) is 53.3 Å². The number of ether oxygens (including phenoxy) is 1. The van der Waals surface area contributed by atoms with E-state index in [4.69, 9.17) is 9.26 Å². The molecule has 2 N–H and O–H groups in total. The van der Waals surface area contributed by atoms with E-state index >= 15 is 0 Å². The Bertz CT molecular complexity index is 1050. The molecule has 1 aromatic carbocycles. The normalized spacial score (nSPS) is 11.8. The van der Waals surface area contributed by atoms with Crippen LogP contribution < -0.4 is 15.4 Å². The van der Waals surface area contributed by atoms with E-state index in [0.29, 0.717) is 42.6 Å². The summed E-state index contributed by atoms with van der Waals surface area (Å²) in [7, 11) is 0. The predicted octanol–water partition coefficient (Wildman–Crippen LogP) is 3.55. The molecule has 0 radical (unpaired) electrons. The zero-order chi connectivity index (χ0) is 23.6. The Balaban J connectivity index is 1.50. The van der Waals surface area contributed by atoms with Crippen molar-refractivity contribution in [2.75, 3.05) is 13.2 Å². The van der Waals surface area contributed by atoms with Gasteiger partial charge in [-0.2, -0.15) is 4.98 Å². The van der Waals surface area contributed by atoms with Gasteiger partial charge in [-0.05, 0) is 43.5 Å². The van der Waals surface area contributed by atoms with Gasteiger partial charge in [-0.1, -0.05) is 31.1 Å². The number of nitrogens with one attached hydrogen (secondary N) is 2. The second-order valence-corrected chi connectivity index (χ2v) is 7.77. The van der Waals surface area contributed by atoms with Gasteiger partial charge in [0.25, 0.3) is 5.91 Å². The number of hydrogen-bond acceptors (Lipinski definition) is 7. The van der Waals surface area contributed by atoms with Crippen molar-refractivity contribution in [3.05, 3.63) is 60.2 Å². The Morgan fingerprint density at radius 2 is 1.88 bits per heavy atom. The molecule has 2 heterocycles. The van der Waals surface area contributed by atoms with Crippen LogP contribution in [-0.4, -0.2) is 40.1 Å². The van der Waals surface area contributed by atoms with Crippen LogP contribution in [0, 0.1) is 5.92 Å². The van der Waals surface area contributed by atoms with Crippen LogP contribution in [0.2, 0.25) is 0 Å². The molecule has 0 fully saturated rings. The maximum atomic E-state index is 12.5. The van der Waals surface area contributed by atoms with Gasteiger partial charge in [0.15, 0.2) is 0 Å². The number of hydrogen-bond donors (Lipinski definition) is 2. The van der Waals surface area contributed by atoms with E-state index in [9.17, 15) is 9.59 Å². The van der Waals surface area contributed by atoms with Gasteiger partial charge in [0.2, 0.25) is 17.6 Å². The minimum absolute atomic E-state index is 0.0504. The Kier molecular flexibility index (Phi) is 8.51. The van der Waals surface area contributed by atoms with E-state index in [2.05, 4.69) is 25.8 Å². The van der Waals surface area contributed by atoms with Crippen molar-refractivity contribution in [3.8, 4) is 17.1 Å². The topological polar surface area (TPSA) is 119 Å². The molecule has 1 unspecified atom stereocenters. The molecule has 33 heavy (non-hydrogen) atoms. The van der Waals surface area contributed by atoms with Gasteiger partial charge in [-0.3, -0.25) is 14.6 Å². The van der Waals surface area contributed by atoms with E-state index in [0.717, 1.165) is 5.56 Å². The SMILES string of the molecule is CCOc1ccccc1C(=O)NCCCC(=O)NC(c1nc(-c2ccncc2)no1)C(C)C. The van der Waals surface area contributed by atoms with Crippen LogP contribution in [0.1, 0.15) is 55.9 Å². The molecule has 0 spiro atoms. The lowest BCUT2D eigenvalue weighted by atomic mass is 10.0. The summed E-state index contributed by atoms with van der Waals surface area (Å²) >= 11 is 0. The minimum Gasteiger partial charge on any atom is -0.493 e. The highest BCUT2D eigenvalue weighted by molar-refractivity contribution is 5.96. The highest BCUT2D eigenvalue weighted by Crippen LogP contribution is 2.23. The molecule has 3 aromatic rings. The number of carbonyl (C=O) groups excluding carboxylic acids is 2. The number of amides is 2. The summed E-state index contributed by atoms with van der Waals surface area (Å²) in [6.07, 6.45) is 4.05. The van der Waals surface area contributed by atoms with Crippen molar-refractivity contribution < 1.29 is 18.8 Å². The predicted molar refractivity (Wildman–Crippen MR) is 122 cm³/mol. The first-order valence-electron chi connectivity index (χ1n) is 11.0. The maximum absolute atomic E-state index is 12.5. The number of para-hydroxylation sites is 1. The molecule has 3 rings (SSSR count). The van der Waals surface area contributed by atoms with Gasteiger partial charge in [-0.15, -0.1) is 0 Å². The molecule has 9 heteroatoms. The van der Waals surface area contributed by atoms with Gasteiger partial charge >= 0.3 is 0 Å². The summed E-state index contributed by atoms with van der Waals surface area (Å²) < 4.78 is 10.9. The number of pyridine rings is 1. The zero-order valence-corrected chi connectivity index (χ0v) is 19.1. The van der Waals surface area contributed by atoms with Crippen molar-refractivity contribution in [1.82, 2.24) is 25.8 Å². The average molecular weight is 452 g/mol. The van der Waals surface area contributed by atoms with E-state index < -0.39 is 6.04 Å². The summed E-state index contributed by atoms with van der Waals surface area (Å²) in [5.41, 5.74) is 1.26. The molecule has 2 aromatic heterocycles. The maximum Gasteiger partial charge on any atom is 0.255 e. The van der Waals surface area contributed by atoms with Crippen LogP contribution in [0.5, 0.6) is 5.75 Å². The second-order valence-electron chi connectivity index (χ2n) is 7.77. The first kappa shape index (κ1) is 23.9. The minimum atomic E-state index is -0.409. The summed E-state index contributed by atoms with van der Waals surface area (Å²) in [4.78, 5) is 33.4. The lowest BCUT2D eigenvalue weighted by Crippen LogP contribution is -2.33. The van der Waals surface area contributed by atoms with Crippen LogP contribution in [0.4, 0.5) is 0 Å². The van der Waals surface area contributed by atoms with Crippen LogP contribution in [0.3, 0.4) is 0 Å². The lowest BCUT2D eigenvalue weighted by Gasteiger charge is -2.18. The number of nitrogens with zero attached hydrogens (tertiary/aromatic N) is 3. The molecule has 1 atom stereocenters. The third-order valence-corrected chi connectivity index (χ3v) is 4.93. The third-order valence-electron chi connectivity index (χ3n) is 4.93. The molecule has 2 amide bonds. The van der Waals surface area contributed by atoms with E-state index in [1.54, 1.807) is 42.7 Å². The fourth-order valence-corrected chi connectivity index (χ4v) is 3.22. The average Bonchev–Trinajstić information content (AvgIpc) is 3.31. The molecule has 0 aliphatic carbocycles. The Morgan fingerprint density at radius 3 is 2.61 bits per heavy atom. The Morgan fingerprint density at radius 1 is 1.12 bits per heavy atom. The van der Waals surface area contributed by atoms with Gasteiger partial charge < -0.3 is 19.9 Å². The third kappa shape index (κ3) is 6.61. The fraction of sp³-hybridized carbons (Fsp3) is 0.375. The molecule has 0 aliphatic rings. The second kappa shape index (κ2) is 11.8. The lowest BCUT2D eigenvalue weighted by molar-refractivity contribution is -0.122. The first-order chi connectivity index (χ1) is 16.0. The zero-order valence-electron chi connectivity index (χ0n) is 19.1. The van der Waals surface area contributed by atoms with Gasteiger partial charge in [0.1, 0.15) is 11.8 Å². The fourth-order valence-electron chi connectivity index (χ4n) is 3.22. The van der Waals surface area contributed by atoms with Crippen molar-refractivity contribution in [2.45, 2.75) is 39.7 Å². The van der Waals surface area contributed by atoms with Crippen molar-refractivity contribution in [1.29, 1.82) is 0 Å². The van der Waals surface area contributed by atoms with E-state index in [1.165, 1.54) is 0 Å². The van der Waals surface area contributed by atoms with Crippen molar-refractivity contribution in [3.63, 3.8) is 0 Å². The standard InChI is InChI=1S/C24H29N5O4/c1-4-32-19-9-6-5-8-18(19)23(31)26-13-7-10-20(30)27-21(16(2)3)24-28-22(29-33-24)17-11-14-25-15-12-17/h5-6,8-9,11-12,14-16,21H,4,7,10,13H2,1-3H3,(H,26,31)(H,27,30). The molecule has 174 valence electrons. The highest BCUT2D eigenvalue weighted by atomic mass is 16.5. The molecular formula is C24H29N5O4. The number of benzene rings is 1. The van der Waals surface area contributed by atoms with Gasteiger partial charge in [0.05, 0.1) is 12.2 Å². The summed E-state index contributed by atoms with van der Waals surface area (Å²) in [6, 6.07) is 10.3. The number of aromatic nitrogens is 3. The summed E-state index contributed by atoms with van der Waals surface area (Å²) in [6.45, 7) is 6.65. The van der Waals surface area contributed by atoms with Crippen LogP contribution >= 0.6 is 0 Å². The van der Waals surface area contributed by atoms with Gasteiger partial charge in [-0.25, -0.2) is 0 Å². The Hall–Kier alpha value is -3.75. The highest BCUT2D eigenvalue weighted by Gasteiger charge is 2.24. The summed E-state index contributed by atoms with van der Waals surface area (Å²) in [5, 5.41) is 9.82. The molecule has 9 nitrogen and oxygen atoms in total. The summed E-state index contributed by atoms with van der Waals surface area (Å²) in [5.74, 6) is 1.01. The molecule has 0 saturated carbocycles. The quantitative estimate of drug-likeness (QED) is 0.428. The van der Waals surface area contributed by atoms with E-state index in [1.807, 2.05) is 26.8 Å². The van der Waals surface area contributed by atoms with Crippen molar-refractivity contribution >= 4 is 11.8 Å². The van der Waals surface area contributed by atoms with Crippen LogP contribution in [0.25, 0.3) is 11.4 Å². The Labute approximate surface area is 193 Å². The first-order valence-corrected chi connectivity index (χ1v) is 11.0. The monoisotopic (exact) mass is 451 g/mol. The smallest absolute Gasteiger partial charge is 0.255 e. The largest absolute Gasteiger partial charge is 0.493 e. The number of rotatable bonds is 11. The van der Waals surface area contributed by atoms with Gasteiger partial charge in [0, 0.05) is 30.9 Å². The molecule has 0 saturated heterocycles. The molecule has 0 bridgehead atoms. The van der Waals surface area contributed by atoms with Crippen LogP contribution in [-0.2, 0) is 4.79 Å². The van der Waals surface area contributed by atoms with Crippen molar-refractivity contribution in [2.24, 2.45) is 5.92 Å². The number of carbonyl (C=O) groups is 2. The molecule has 0 aliphatic heterocycles. The molecular weight excluding hydrogens is 422 g/mol.